The molecule has 118 valence electrons. The maximum absolute atomic E-state index is 12.0. The second-order valence-electron chi connectivity index (χ2n) is 4.16. The molecule has 0 unspecified atom stereocenters. The molecule has 0 saturated heterocycles. The van der Waals surface area contributed by atoms with Gasteiger partial charge in [-0.05, 0) is 19.1 Å². The van der Waals surface area contributed by atoms with Crippen LogP contribution in [0.2, 0.25) is 0 Å². The van der Waals surface area contributed by atoms with Crippen LogP contribution < -0.4 is 15.4 Å². The van der Waals surface area contributed by atoms with E-state index < -0.39 is 22.5 Å². The molecule has 0 atom stereocenters. The van der Waals surface area contributed by atoms with Crippen molar-refractivity contribution in [3.63, 3.8) is 0 Å². The van der Waals surface area contributed by atoms with Gasteiger partial charge in [-0.2, -0.15) is 5.26 Å². The van der Waals surface area contributed by atoms with E-state index in [1.54, 1.807) is 13.0 Å². The Morgan fingerprint density at radius 3 is 2.41 bits per heavy atom. The Morgan fingerprint density at radius 2 is 1.77 bits per heavy atom. The van der Waals surface area contributed by atoms with Crippen LogP contribution in [0.3, 0.4) is 0 Å². The predicted octanol–water partition coefficient (Wildman–Crippen LogP) is -0.911. The topological polar surface area (TPSA) is 128 Å². The van der Waals surface area contributed by atoms with Crippen molar-refractivity contribution in [1.29, 1.82) is 5.26 Å². The Bertz CT molecular complexity index is 694. The number of sulfonamides is 1. The number of likely N-dealkylation sites (N-methyl/N-ethyl adjacent to an activating group) is 1. The number of hydrogen-bond donors (Lipinski definition) is 3. The third-order valence-electron chi connectivity index (χ3n) is 2.54. The predicted molar refractivity (Wildman–Crippen MR) is 78.0 cm³/mol. The number of nitriles is 1. The number of benzene rings is 1. The minimum Gasteiger partial charge on any atom is -0.355 e. The highest BCUT2D eigenvalue weighted by molar-refractivity contribution is 7.89. The number of nitrogens with one attached hydrogen (secondary N) is 3. The fourth-order valence-corrected chi connectivity index (χ4v) is 2.67. The van der Waals surface area contributed by atoms with Crippen LogP contribution in [-0.2, 0) is 19.6 Å². The lowest BCUT2D eigenvalue weighted by atomic mass is 10.2. The van der Waals surface area contributed by atoms with Crippen molar-refractivity contribution >= 4 is 21.8 Å². The van der Waals surface area contributed by atoms with Crippen LogP contribution in [0.4, 0.5) is 0 Å². The van der Waals surface area contributed by atoms with Gasteiger partial charge in [0.2, 0.25) is 21.8 Å². The van der Waals surface area contributed by atoms with E-state index in [2.05, 4.69) is 15.4 Å². The third-order valence-corrected chi connectivity index (χ3v) is 4.00. The monoisotopic (exact) mass is 324 g/mol. The minimum absolute atomic E-state index is 0.0160. The van der Waals surface area contributed by atoms with Gasteiger partial charge in [-0.15, -0.1) is 0 Å². The summed E-state index contributed by atoms with van der Waals surface area (Å²) >= 11 is 0. The summed E-state index contributed by atoms with van der Waals surface area (Å²) in [5.41, 5.74) is -0.0160. The smallest absolute Gasteiger partial charge is 0.242 e. The molecule has 0 fully saturated rings. The summed E-state index contributed by atoms with van der Waals surface area (Å²) < 4.78 is 26.2. The zero-order chi connectivity index (χ0) is 16.6. The molecule has 9 heteroatoms. The number of rotatable bonds is 7. The normalized spacial score (nSPS) is 10.5. The van der Waals surface area contributed by atoms with E-state index in [-0.39, 0.29) is 22.9 Å². The van der Waals surface area contributed by atoms with Gasteiger partial charge in [0.25, 0.3) is 0 Å². The third kappa shape index (κ3) is 5.16. The van der Waals surface area contributed by atoms with Crippen LogP contribution in [0.15, 0.2) is 29.2 Å². The summed E-state index contributed by atoms with van der Waals surface area (Å²) in [5, 5.41) is 13.7. The van der Waals surface area contributed by atoms with E-state index in [4.69, 9.17) is 5.26 Å². The summed E-state index contributed by atoms with van der Waals surface area (Å²) in [6, 6.07) is 7.42. The molecular formula is C13H16N4O4S. The molecule has 0 spiro atoms. The largest absolute Gasteiger partial charge is 0.355 e. The van der Waals surface area contributed by atoms with E-state index in [0.29, 0.717) is 6.54 Å². The van der Waals surface area contributed by atoms with Gasteiger partial charge in [0.1, 0.15) is 6.07 Å². The lowest BCUT2D eigenvalue weighted by molar-refractivity contribution is -0.125. The van der Waals surface area contributed by atoms with Crippen molar-refractivity contribution in [2.24, 2.45) is 0 Å². The molecule has 0 heterocycles. The van der Waals surface area contributed by atoms with E-state index >= 15 is 0 Å². The lowest BCUT2D eigenvalue weighted by Crippen LogP contribution is -2.42. The van der Waals surface area contributed by atoms with Gasteiger partial charge in [-0.1, -0.05) is 12.1 Å². The Labute approximate surface area is 128 Å². The molecule has 1 aromatic carbocycles. The van der Waals surface area contributed by atoms with Gasteiger partial charge in [0.05, 0.1) is 23.5 Å². The second kappa shape index (κ2) is 8.11. The Morgan fingerprint density at radius 1 is 1.14 bits per heavy atom. The van der Waals surface area contributed by atoms with Crippen LogP contribution in [-0.4, -0.2) is 39.9 Å². The van der Waals surface area contributed by atoms with Crippen molar-refractivity contribution in [2.75, 3.05) is 19.6 Å². The number of amides is 2. The highest BCUT2D eigenvalue weighted by atomic mass is 32.2. The van der Waals surface area contributed by atoms with Gasteiger partial charge >= 0.3 is 0 Å². The molecule has 0 aliphatic heterocycles. The average Bonchev–Trinajstić information content (AvgIpc) is 2.51. The zero-order valence-electron chi connectivity index (χ0n) is 11.9. The standard InChI is InChI=1S/C13H16N4O4S/c1-2-15-12(18)8-16-13(19)9-17-22(20,21)11-6-4-3-5-10(11)7-14/h3-6,17H,2,8-9H2,1H3,(H,15,18)(H,16,19). The Hall–Kier alpha value is -2.44. The molecule has 0 saturated carbocycles. The first-order valence-electron chi connectivity index (χ1n) is 6.43. The molecule has 2 amide bonds. The van der Waals surface area contributed by atoms with E-state index in [1.807, 2.05) is 0 Å². The first kappa shape index (κ1) is 17.6. The second-order valence-corrected chi connectivity index (χ2v) is 5.90. The first-order chi connectivity index (χ1) is 10.4. The molecule has 1 rings (SSSR count). The van der Waals surface area contributed by atoms with Crippen molar-refractivity contribution in [3.05, 3.63) is 29.8 Å². The van der Waals surface area contributed by atoms with Crippen molar-refractivity contribution in [2.45, 2.75) is 11.8 Å². The van der Waals surface area contributed by atoms with Crippen LogP contribution in [0.5, 0.6) is 0 Å². The van der Waals surface area contributed by atoms with Gasteiger partial charge in [0.15, 0.2) is 0 Å². The van der Waals surface area contributed by atoms with Crippen molar-refractivity contribution in [1.82, 2.24) is 15.4 Å². The number of hydrogen-bond acceptors (Lipinski definition) is 5. The summed E-state index contributed by atoms with van der Waals surface area (Å²) in [5.74, 6) is -1.02. The van der Waals surface area contributed by atoms with Crippen LogP contribution in [0, 0.1) is 11.3 Å². The van der Waals surface area contributed by atoms with Crippen molar-refractivity contribution in [3.8, 4) is 6.07 Å². The summed E-state index contributed by atoms with van der Waals surface area (Å²) in [6.45, 7) is 1.41. The summed E-state index contributed by atoms with van der Waals surface area (Å²) in [6.07, 6.45) is 0. The average molecular weight is 324 g/mol. The van der Waals surface area contributed by atoms with Crippen molar-refractivity contribution < 1.29 is 18.0 Å². The molecule has 1 aromatic rings. The SMILES string of the molecule is CCNC(=O)CNC(=O)CNS(=O)(=O)c1ccccc1C#N. The number of nitrogens with zero attached hydrogens (tertiary/aromatic N) is 1. The van der Waals surface area contributed by atoms with Gasteiger partial charge in [0, 0.05) is 6.54 Å². The summed E-state index contributed by atoms with van der Waals surface area (Å²) in [7, 11) is -3.98. The van der Waals surface area contributed by atoms with Gasteiger partial charge in [-0.3, -0.25) is 9.59 Å². The van der Waals surface area contributed by atoms with Crippen LogP contribution in [0.25, 0.3) is 0 Å². The first-order valence-corrected chi connectivity index (χ1v) is 7.91. The fraction of sp³-hybridized carbons (Fsp3) is 0.308. The molecule has 0 aliphatic rings. The van der Waals surface area contributed by atoms with E-state index in [9.17, 15) is 18.0 Å². The molecule has 22 heavy (non-hydrogen) atoms. The van der Waals surface area contributed by atoms with E-state index in [0.717, 1.165) is 0 Å². The molecule has 0 aromatic heterocycles. The molecular weight excluding hydrogens is 308 g/mol. The Balaban J connectivity index is 2.61. The van der Waals surface area contributed by atoms with Gasteiger partial charge in [-0.25, -0.2) is 13.1 Å². The molecule has 0 aliphatic carbocycles. The highest BCUT2D eigenvalue weighted by Gasteiger charge is 2.19. The maximum atomic E-state index is 12.0. The quantitative estimate of drug-likeness (QED) is 0.598. The fourth-order valence-electron chi connectivity index (χ4n) is 1.53. The van der Waals surface area contributed by atoms with E-state index in [1.165, 1.54) is 24.3 Å². The molecule has 0 radical (unpaired) electrons. The highest BCUT2D eigenvalue weighted by Crippen LogP contribution is 2.13. The summed E-state index contributed by atoms with van der Waals surface area (Å²) in [4.78, 5) is 22.5. The van der Waals surface area contributed by atoms with Crippen LogP contribution in [0.1, 0.15) is 12.5 Å². The lowest BCUT2D eigenvalue weighted by Gasteiger charge is -2.08. The maximum Gasteiger partial charge on any atom is 0.242 e. The van der Waals surface area contributed by atoms with Crippen LogP contribution >= 0.6 is 0 Å². The molecule has 8 nitrogen and oxygen atoms in total. The van der Waals surface area contributed by atoms with Gasteiger partial charge < -0.3 is 10.6 Å². The Kier molecular flexibility index (Phi) is 6.49. The minimum atomic E-state index is -3.98. The molecule has 0 bridgehead atoms. The number of carbonyl (C=O) groups excluding carboxylic acids is 2. The molecule has 3 N–H and O–H groups in total. The number of carbonyl (C=O) groups is 2. The zero-order valence-corrected chi connectivity index (χ0v) is 12.7.